The van der Waals surface area contributed by atoms with E-state index >= 15 is 0 Å². The summed E-state index contributed by atoms with van der Waals surface area (Å²) in [6.07, 6.45) is 0. The predicted molar refractivity (Wildman–Crippen MR) is 71.6 cm³/mol. The summed E-state index contributed by atoms with van der Waals surface area (Å²) < 4.78 is 31.5. The molecule has 3 N–H and O–H groups in total. The molecule has 1 aromatic carbocycles. The Morgan fingerprint density at radius 1 is 1.45 bits per heavy atom. The van der Waals surface area contributed by atoms with Crippen molar-refractivity contribution in [1.82, 2.24) is 5.32 Å². The minimum Gasteiger partial charge on any atom is -0.460 e. The normalized spacial score (nSPS) is 13.4. The molecule has 1 amide bonds. The van der Waals surface area contributed by atoms with Crippen molar-refractivity contribution in [2.24, 2.45) is 5.73 Å². The fraction of sp³-hybridized carbons (Fsp3) is 0.357. The lowest BCUT2D eigenvalue weighted by Gasteiger charge is -2.16. The summed E-state index contributed by atoms with van der Waals surface area (Å²) in [5.41, 5.74) is 5.57. The summed E-state index contributed by atoms with van der Waals surface area (Å²) in [6.45, 7) is 0.0346. The van der Waals surface area contributed by atoms with Crippen LogP contribution in [0.25, 0.3) is 11.0 Å². The van der Waals surface area contributed by atoms with E-state index in [1.54, 1.807) is 19.1 Å². The highest BCUT2D eigenvalue weighted by atomic mass is 19.3. The summed E-state index contributed by atoms with van der Waals surface area (Å²) in [7, 11) is 0. The maximum atomic E-state index is 13.0. The van der Waals surface area contributed by atoms with Gasteiger partial charge in [0, 0.05) is 5.39 Å². The molecule has 1 unspecified atom stereocenters. The number of furan rings is 1. The number of hydrogen-bond acceptors (Lipinski definition) is 3. The smallest absolute Gasteiger partial charge is 0.277 e. The van der Waals surface area contributed by atoms with Crippen LogP contribution in [0.3, 0.4) is 0 Å². The number of fused-ring (bicyclic) bond motifs is 1. The number of halogens is 2. The maximum Gasteiger partial charge on any atom is 0.277 e. The van der Waals surface area contributed by atoms with Gasteiger partial charge in [0.05, 0.1) is 19.0 Å². The average Bonchev–Trinajstić information content (AvgIpc) is 2.87. The number of amides is 1. The zero-order valence-corrected chi connectivity index (χ0v) is 11.0. The standard InChI is InChI=1S/C14H16F2N2O2/c1-9(13(19)18-8-14(15,16)7-17)12-6-10-4-2-3-5-11(10)20-12/h2-6,9H,7-8,17H2,1H3,(H,18,19). The molecule has 0 bridgehead atoms. The van der Waals surface area contributed by atoms with E-state index in [0.29, 0.717) is 11.3 Å². The minimum absolute atomic E-state index is 0.444. The molecule has 6 heteroatoms. The van der Waals surface area contributed by atoms with Crippen molar-refractivity contribution in [2.75, 3.05) is 13.1 Å². The number of nitrogens with one attached hydrogen (secondary N) is 1. The summed E-state index contributed by atoms with van der Waals surface area (Å²) in [6, 6.07) is 9.05. The lowest BCUT2D eigenvalue weighted by Crippen LogP contribution is -2.42. The van der Waals surface area contributed by atoms with Gasteiger partial charge in [0.1, 0.15) is 11.3 Å². The minimum atomic E-state index is -3.09. The van der Waals surface area contributed by atoms with Crippen molar-refractivity contribution < 1.29 is 18.0 Å². The highest BCUT2D eigenvalue weighted by Crippen LogP contribution is 2.25. The van der Waals surface area contributed by atoms with E-state index in [-0.39, 0.29) is 0 Å². The first-order valence-corrected chi connectivity index (χ1v) is 6.27. The molecule has 4 nitrogen and oxygen atoms in total. The number of benzene rings is 1. The second-order valence-corrected chi connectivity index (χ2v) is 4.69. The van der Waals surface area contributed by atoms with E-state index in [1.165, 1.54) is 0 Å². The molecule has 0 spiro atoms. The molecule has 0 radical (unpaired) electrons. The molecule has 0 fully saturated rings. The molecule has 0 aliphatic carbocycles. The molecular formula is C14H16F2N2O2. The quantitative estimate of drug-likeness (QED) is 0.883. The van der Waals surface area contributed by atoms with Crippen molar-refractivity contribution in [3.8, 4) is 0 Å². The molecule has 0 saturated heterocycles. The van der Waals surface area contributed by atoms with Gasteiger partial charge in [0.2, 0.25) is 5.91 Å². The first-order chi connectivity index (χ1) is 9.43. The van der Waals surface area contributed by atoms with Crippen molar-refractivity contribution in [3.63, 3.8) is 0 Å². The van der Waals surface area contributed by atoms with Gasteiger partial charge in [-0.1, -0.05) is 18.2 Å². The number of hydrogen-bond donors (Lipinski definition) is 2. The molecule has 1 aromatic heterocycles. The largest absolute Gasteiger partial charge is 0.460 e. The number of para-hydroxylation sites is 1. The van der Waals surface area contributed by atoms with Gasteiger partial charge in [-0.05, 0) is 19.1 Å². The Balaban J connectivity index is 2.06. The molecule has 108 valence electrons. The Bertz CT molecular complexity index is 577. The monoisotopic (exact) mass is 282 g/mol. The topological polar surface area (TPSA) is 68.3 Å². The molecule has 0 saturated carbocycles. The van der Waals surface area contributed by atoms with Crippen LogP contribution in [0.5, 0.6) is 0 Å². The zero-order chi connectivity index (χ0) is 14.8. The van der Waals surface area contributed by atoms with Gasteiger partial charge in [-0.2, -0.15) is 0 Å². The van der Waals surface area contributed by atoms with E-state index in [2.05, 4.69) is 5.32 Å². The molecule has 20 heavy (non-hydrogen) atoms. The summed E-state index contributed by atoms with van der Waals surface area (Å²) >= 11 is 0. The highest BCUT2D eigenvalue weighted by Gasteiger charge is 2.29. The average molecular weight is 282 g/mol. The van der Waals surface area contributed by atoms with Gasteiger partial charge in [0.25, 0.3) is 5.92 Å². The Kier molecular flexibility index (Phi) is 4.04. The predicted octanol–water partition coefficient (Wildman–Crippen LogP) is 2.25. The van der Waals surface area contributed by atoms with E-state index in [0.717, 1.165) is 5.39 Å². The van der Waals surface area contributed by atoms with Crippen LogP contribution in [0.15, 0.2) is 34.7 Å². The fourth-order valence-electron chi connectivity index (χ4n) is 1.79. The third kappa shape index (κ3) is 3.14. The van der Waals surface area contributed by atoms with Crippen LogP contribution in [0.2, 0.25) is 0 Å². The second kappa shape index (κ2) is 5.58. The number of carbonyl (C=O) groups is 1. The van der Waals surface area contributed by atoms with Crippen molar-refractivity contribution in [2.45, 2.75) is 18.8 Å². The summed E-state index contributed by atoms with van der Waals surface area (Å²) in [5, 5.41) is 3.06. The lowest BCUT2D eigenvalue weighted by molar-refractivity contribution is -0.124. The van der Waals surface area contributed by atoms with Crippen LogP contribution in [-0.4, -0.2) is 24.9 Å². The maximum absolute atomic E-state index is 13.0. The molecule has 1 heterocycles. The highest BCUT2D eigenvalue weighted by molar-refractivity contribution is 5.85. The summed E-state index contributed by atoms with van der Waals surface area (Å²) in [4.78, 5) is 11.8. The number of nitrogens with two attached hydrogens (primary N) is 1. The van der Waals surface area contributed by atoms with Crippen LogP contribution < -0.4 is 11.1 Å². The van der Waals surface area contributed by atoms with Gasteiger partial charge in [-0.15, -0.1) is 0 Å². The molecule has 0 aliphatic heterocycles. The van der Waals surface area contributed by atoms with Gasteiger partial charge in [0.15, 0.2) is 0 Å². The molecule has 2 aromatic rings. The van der Waals surface area contributed by atoms with Crippen molar-refractivity contribution in [3.05, 3.63) is 36.1 Å². The number of carbonyl (C=O) groups excluding carboxylic acids is 1. The molecular weight excluding hydrogens is 266 g/mol. The van der Waals surface area contributed by atoms with Crippen molar-refractivity contribution >= 4 is 16.9 Å². The van der Waals surface area contributed by atoms with Crippen LogP contribution in [0, 0.1) is 0 Å². The molecule has 2 rings (SSSR count). The van der Waals surface area contributed by atoms with E-state index in [9.17, 15) is 13.6 Å². The van der Waals surface area contributed by atoms with E-state index < -0.39 is 30.8 Å². The molecule has 0 aliphatic rings. The Hall–Kier alpha value is -1.95. The third-order valence-electron chi connectivity index (χ3n) is 3.08. The van der Waals surface area contributed by atoms with Crippen LogP contribution in [0.4, 0.5) is 8.78 Å². The van der Waals surface area contributed by atoms with E-state index in [4.69, 9.17) is 10.2 Å². The van der Waals surface area contributed by atoms with Gasteiger partial charge in [-0.25, -0.2) is 8.78 Å². The van der Waals surface area contributed by atoms with Gasteiger partial charge >= 0.3 is 0 Å². The van der Waals surface area contributed by atoms with Gasteiger partial charge < -0.3 is 15.5 Å². The van der Waals surface area contributed by atoms with E-state index in [1.807, 2.05) is 18.2 Å². The number of alkyl halides is 2. The SMILES string of the molecule is CC(C(=O)NCC(F)(F)CN)c1cc2ccccc2o1. The fourth-order valence-corrected chi connectivity index (χ4v) is 1.79. The van der Waals surface area contributed by atoms with Crippen LogP contribution >= 0.6 is 0 Å². The van der Waals surface area contributed by atoms with Gasteiger partial charge in [-0.3, -0.25) is 4.79 Å². The lowest BCUT2D eigenvalue weighted by atomic mass is 10.1. The second-order valence-electron chi connectivity index (χ2n) is 4.69. The Morgan fingerprint density at radius 3 is 2.80 bits per heavy atom. The van der Waals surface area contributed by atoms with Crippen LogP contribution in [0.1, 0.15) is 18.6 Å². The summed E-state index contributed by atoms with van der Waals surface area (Å²) in [5.74, 6) is -3.81. The third-order valence-corrected chi connectivity index (χ3v) is 3.08. The first-order valence-electron chi connectivity index (χ1n) is 6.27. The van der Waals surface area contributed by atoms with Crippen molar-refractivity contribution in [1.29, 1.82) is 0 Å². The van der Waals surface area contributed by atoms with Crippen LogP contribution in [-0.2, 0) is 4.79 Å². The zero-order valence-electron chi connectivity index (χ0n) is 11.0. The Morgan fingerprint density at radius 2 is 2.15 bits per heavy atom. The number of rotatable bonds is 5. The molecule has 1 atom stereocenters. The first kappa shape index (κ1) is 14.5. The Labute approximate surface area is 114 Å².